The van der Waals surface area contributed by atoms with Gasteiger partial charge in [-0.1, -0.05) is 13.0 Å². The Bertz CT molecular complexity index is 92.5. The van der Waals surface area contributed by atoms with Gasteiger partial charge < -0.3 is 0 Å². The first-order valence-electron chi connectivity index (χ1n) is 2.17. The second kappa shape index (κ2) is 1.25. The van der Waals surface area contributed by atoms with Crippen molar-refractivity contribution in [2.24, 2.45) is 4.99 Å². The molecule has 0 saturated heterocycles. The Labute approximate surface area is 37.4 Å². The van der Waals surface area contributed by atoms with Crippen molar-refractivity contribution in [2.75, 3.05) is 0 Å². The van der Waals surface area contributed by atoms with Crippen LogP contribution in [0.5, 0.6) is 0 Å². The molecular weight excluding hydrogens is 74.1 g/mol. The van der Waals surface area contributed by atoms with E-state index in [0.717, 1.165) is 12.1 Å². The molecule has 1 rings (SSSR count). The molecule has 0 unspecified atom stereocenters. The highest BCUT2D eigenvalue weighted by Crippen LogP contribution is 2.05. The van der Waals surface area contributed by atoms with Gasteiger partial charge >= 0.3 is 0 Å². The molecule has 0 aromatic carbocycles. The smallest absolute Gasteiger partial charge is 0.0773 e. The number of aliphatic imine (C=N–C) groups is 1. The van der Waals surface area contributed by atoms with Crippen LogP contribution in [0.25, 0.3) is 0 Å². The fourth-order valence-electron chi connectivity index (χ4n) is 0.352. The van der Waals surface area contributed by atoms with Gasteiger partial charge in [-0.2, -0.15) is 0 Å². The largest absolute Gasteiger partial charge is 0.253 e. The van der Waals surface area contributed by atoms with Gasteiger partial charge in [-0.05, 0) is 6.42 Å². The van der Waals surface area contributed by atoms with Crippen LogP contribution in [0.15, 0.2) is 16.8 Å². The predicted molar refractivity (Wildman–Crippen MR) is 26.9 cm³/mol. The lowest BCUT2D eigenvalue weighted by Gasteiger charge is -1.66. The maximum Gasteiger partial charge on any atom is 0.0773 e. The van der Waals surface area contributed by atoms with Crippen LogP contribution in [-0.2, 0) is 0 Å². The van der Waals surface area contributed by atoms with Crippen molar-refractivity contribution in [3.8, 4) is 0 Å². The third kappa shape index (κ3) is 0.677. The molecule has 1 aliphatic heterocycles. The van der Waals surface area contributed by atoms with Crippen LogP contribution in [0.3, 0.4) is 0 Å². The molecule has 0 aliphatic carbocycles. The molecule has 1 heterocycles. The summed E-state index contributed by atoms with van der Waals surface area (Å²) in [5, 5.41) is 0. The highest BCUT2D eigenvalue weighted by Gasteiger charge is 1.95. The number of hydrogen-bond acceptors (Lipinski definition) is 1. The van der Waals surface area contributed by atoms with Crippen molar-refractivity contribution in [3.63, 3.8) is 0 Å². The van der Waals surface area contributed by atoms with Gasteiger partial charge in [0.05, 0.1) is 11.9 Å². The molecule has 1 nitrogen and oxygen atoms in total. The van der Waals surface area contributed by atoms with E-state index < -0.39 is 0 Å². The Morgan fingerprint density at radius 2 is 2.67 bits per heavy atom. The van der Waals surface area contributed by atoms with Crippen LogP contribution in [0, 0.1) is 0 Å². The van der Waals surface area contributed by atoms with E-state index in [4.69, 9.17) is 0 Å². The Balaban J connectivity index is 2.27. The topological polar surface area (TPSA) is 12.4 Å². The van der Waals surface area contributed by atoms with Gasteiger partial charge in [0.25, 0.3) is 0 Å². The number of rotatable bonds is 1. The summed E-state index contributed by atoms with van der Waals surface area (Å²) in [5.74, 6) is 0. The predicted octanol–water partition coefficient (Wildman–Crippen LogP) is 1.36. The molecule has 32 valence electrons. The summed E-state index contributed by atoms with van der Waals surface area (Å²) >= 11 is 0. The van der Waals surface area contributed by atoms with Crippen molar-refractivity contribution < 1.29 is 0 Å². The highest BCUT2D eigenvalue weighted by molar-refractivity contribution is 5.92. The minimum atomic E-state index is 1.11. The van der Waals surface area contributed by atoms with Crippen molar-refractivity contribution in [1.82, 2.24) is 0 Å². The third-order valence-electron chi connectivity index (χ3n) is 0.691. The molecule has 1 heteroatoms. The fraction of sp³-hybridized carbons (Fsp3) is 0.400. The van der Waals surface area contributed by atoms with E-state index in [1.54, 1.807) is 0 Å². The summed E-state index contributed by atoms with van der Waals surface area (Å²) in [4.78, 5) is 3.83. The molecule has 0 aromatic heterocycles. The zero-order valence-corrected chi connectivity index (χ0v) is 3.81. The van der Waals surface area contributed by atoms with Crippen molar-refractivity contribution >= 4 is 6.21 Å². The second-order valence-electron chi connectivity index (χ2n) is 1.30. The Morgan fingerprint density at radius 3 is 2.83 bits per heavy atom. The molecule has 0 aromatic rings. The Morgan fingerprint density at radius 1 is 2.00 bits per heavy atom. The van der Waals surface area contributed by atoms with E-state index in [1.807, 2.05) is 6.21 Å². The molecule has 0 spiro atoms. The fourth-order valence-corrected chi connectivity index (χ4v) is 0.352. The van der Waals surface area contributed by atoms with Crippen LogP contribution in [0.2, 0.25) is 0 Å². The van der Waals surface area contributed by atoms with Crippen LogP contribution in [0.1, 0.15) is 13.3 Å². The van der Waals surface area contributed by atoms with E-state index in [2.05, 4.69) is 18.0 Å². The molecule has 0 N–H and O–H groups in total. The van der Waals surface area contributed by atoms with E-state index in [1.165, 1.54) is 0 Å². The first-order valence-corrected chi connectivity index (χ1v) is 2.17. The normalized spacial score (nSPS) is 22.5. The van der Waals surface area contributed by atoms with Crippen LogP contribution in [-0.4, -0.2) is 6.21 Å². The number of hydrogen-bond donors (Lipinski definition) is 0. The summed E-state index contributed by atoms with van der Waals surface area (Å²) < 4.78 is 0. The highest BCUT2D eigenvalue weighted by atomic mass is 14.9. The summed E-state index contributed by atoms with van der Waals surface area (Å²) in [6.45, 7) is 2.11. The SMILES string of the molecule is CC/C=C1C=N/1. The first-order chi connectivity index (χ1) is 2.93. The summed E-state index contributed by atoms with van der Waals surface area (Å²) in [6.07, 6.45) is 5.07. The summed E-state index contributed by atoms with van der Waals surface area (Å²) in [7, 11) is 0. The Kier molecular flexibility index (Phi) is 0.748. The van der Waals surface area contributed by atoms with Gasteiger partial charge in [0, 0.05) is 0 Å². The van der Waals surface area contributed by atoms with Gasteiger partial charge in [0.1, 0.15) is 0 Å². The van der Waals surface area contributed by atoms with Crippen molar-refractivity contribution in [1.29, 1.82) is 0 Å². The van der Waals surface area contributed by atoms with Crippen LogP contribution >= 0.6 is 0 Å². The molecule has 0 atom stereocenters. The van der Waals surface area contributed by atoms with E-state index in [-0.39, 0.29) is 0 Å². The minimum Gasteiger partial charge on any atom is -0.253 e. The maximum atomic E-state index is 3.83. The van der Waals surface area contributed by atoms with Crippen molar-refractivity contribution in [2.45, 2.75) is 13.3 Å². The lowest BCUT2D eigenvalue weighted by molar-refractivity contribution is 1.21. The lowest BCUT2D eigenvalue weighted by Crippen LogP contribution is -1.51. The van der Waals surface area contributed by atoms with E-state index >= 15 is 0 Å². The van der Waals surface area contributed by atoms with Crippen LogP contribution in [0.4, 0.5) is 0 Å². The molecule has 0 saturated carbocycles. The van der Waals surface area contributed by atoms with Gasteiger partial charge in [-0.3, -0.25) is 4.99 Å². The lowest BCUT2D eigenvalue weighted by atomic mass is 10.4. The minimum absolute atomic E-state index is 1.11. The molecule has 0 amide bonds. The zero-order valence-electron chi connectivity index (χ0n) is 3.81. The number of nitrogens with zero attached hydrogens (tertiary/aromatic N) is 1. The van der Waals surface area contributed by atoms with Gasteiger partial charge in [-0.15, -0.1) is 0 Å². The summed E-state index contributed by atoms with van der Waals surface area (Å²) in [6, 6.07) is 0. The van der Waals surface area contributed by atoms with E-state index in [9.17, 15) is 0 Å². The summed E-state index contributed by atoms with van der Waals surface area (Å²) in [5.41, 5.74) is 1.16. The van der Waals surface area contributed by atoms with Gasteiger partial charge in [0.15, 0.2) is 0 Å². The molecule has 0 bridgehead atoms. The maximum absolute atomic E-state index is 3.83. The third-order valence-corrected chi connectivity index (χ3v) is 0.691. The molecule has 6 heavy (non-hydrogen) atoms. The average molecular weight is 81.1 g/mol. The molecule has 0 radical (unpaired) electrons. The van der Waals surface area contributed by atoms with Crippen LogP contribution < -0.4 is 0 Å². The molecule has 1 aliphatic rings. The monoisotopic (exact) mass is 81.1 g/mol. The van der Waals surface area contributed by atoms with E-state index in [0.29, 0.717) is 0 Å². The first kappa shape index (κ1) is 3.59. The van der Waals surface area contributed by atoms with Gasteiger partial charge in [0.2, 0.25) is 0 Å². The standard InChI is InChI=1S/C5H7N/c1-2-3-5-4-6-5/h3-4H,2H2,1H3/b5-3-. The average Bonchev–Trinajstić information content (AvgIpc) is 2.21. The Hall–Kier alpha value is -0.590. The molecule has 0 fully saturated rings. The zero-order chi connectivity index (χ0) is 4.41. The van der Waals surface area contributed by atoms with Crippen molar-refractivity contribution in [3.05, 3.63) is 11.8 Å². The van der Waals surface area contributed by atoms with Gasteiger partial charge in [-0.25, -0.2) is 0 Å². The number of allylic oxidation sites excluding steroid dienone is 2. The quantitative estimate of drug-likeness (QED) is 0.452. The second-order valence-corrected chi connectivity index (χ2v) is 1.30. The molecular formula is C5H7N.